The summed E-state index contributed by atoms with van der Waals surface area (Å²) in [6.45, 7) is 3.49. The van der Waals surface area contributed by atoms with Gasteiger partial charge in [0.15, 0.2) is 0 Å². The third-order valence-corrected chi connectivity index (χ3v) is 1.59. The molecule has 0 atom stereocenters. The quantitative estimate of drug-likeness (QED) is 0.691. The highest BCUT2D eigenvalue weighted by Crippen LogP contribution is 2.10. The van der Waals surface area contributed by atoms with Gasteiger partial charge in [0.2, 0.25) is 0 Å². The summed E-state index contributed by atoms with van der Waals surface area (Å²) < 4.78 is 4.40. The number of nitrogens with one attached hydrogen (secondary N) is 1. The van der Waals surface area contributed by atoms with Crippen molar-refractivity contribution in [2.24, 2.45) is 0 Å². The fourth-order valence-electron chi connectivity index (χ4n) is 0.809. The van der Waals surface area contributed by atoms with Gasteiger partial charge >= 0.3 is 12.1 Å². The van der Waals surface area contributed by atoms with Crippen LogP contribution >= 0.6 is 0 Å². The smallest absolute Gasteiger partial charge is 0.407 e. The summed E-state index contributed by atoms with van der Waals surface area (Å²) in [5.74, 6) is -0.875. The molecule has 0 unspecified atom stereocenters. The molecule has 0 aliphatic rings. The van der Waals surface area contributed by atoms with Crippen LogP contribution in [0.5, 0.6) is 0 Å². The van der Waals surface area contributed by atoms with E-state index in [1.165, 1.54) is 7.11 Å². The van der Waals surface area contributed by atoms with E-state index in [9.17, 15) is 9.59 Å². The second-order valence-electron chi connectivity index (χ2n) is 3.39. The molecule has 0 radical (unpaired) electrons. The summed E-state index contributed by atoms with van der Waals surface area (Å²) >= 11 is 0. The van der Waals surface area contributed by atoms with Crippen LogP contribution in [-0.4, -0.2) is 29.8 Å². The molecular weight excluding hydrogens is 174 g/mol. The first kappa shape index (κ1) is 11.7. The molecule has 5 nitrogen and oxygen atoms in total. The number of carbonyl (C=O) groups is 2. The van der Waals surface area contributed by atoms with Gasteiger partial charge in [-0.1, -0.05) is 0 Å². The zero-order valence-electron chi connectivity index (χ0n) is 8.09. The van der Waals surface area contributed by atoms with Gasteiger partial charge in [-0.05, 0) is 20.3 Å². The molecule has 1 amide bonds. The van der Waals surface area contributed by atoms with E-state index in [0.717, 1.165) is 0 Å². The largest absolute Gasteiger partial charge is 0.481 e. The van der Waals surface area contributed by atoms with Gasteiger partial charge in [0.1, 0.15) is 0 Å². The standard InChI is InChI=1S/C8H15NO4/c1-8(2,5-4-6(10)11)9-7(12)13-3/h4-5H2,1-3H3,(H,9,12)(H,10,11). The maximum Gasteiger partial charge on any atom is 0.407 e. The van der Waals surface area contributed by atoms with Crippen LogP contribution in [0.15, 0.2) is 0 Å². The second-order valence-corrected chi connectivity index (χ2v) is 3.39. The van der Waals surface area contributed by atoms with E-state index in [-0.39, 0.29) is 6.42 Å². The van der Waals surface area contributed by atoms with Gasteiger partial charge in [-0.25, -0.2) is 4.79 Å². The topological polar surface area (TPSA) is 75.6 Å². The van der Waals surface area contributed by atoms with Gasteiger partial charge in [-0.2, -0.15) is 0 Å². The van der Waals surface area contributed by atoms with E-state index < -0.39 is 17.6 Å². The third kappa shape index (κ3) is 5.95. The number of ether oxygens (including phenoxy) is 1. The lowest BCUT2D eigenvalue weighted by atomic mass is 9.99. The van der Waals surface area contributed by atoms with Crippen molar-refractivity contribution in [3.8, 4) is 0 Å². The van der Waals surface area contributed by atoms with Crippen LogP contribution in [0.3, 0.4) is 0 Å². The van der Waals surface area contributed by atoms with Crippen LogP contribution in [0, 0.1) is 0 Å². The van der Waals surface area contributed by atoms with E-state index in [1.807, 2.05) is 0 Å². The van der Waals surface area contributed by atoms with Gasteiger partial charge < -0.3 is 15.2 Å². The number of hydrogen-bond donors (Lipinski definition) is 2. The third-order valence-electron chi connectivity index (χ3n) is 1.59. The fraction of sp³-hybridized carbons (Fsp3) is 0.750. The first-order chi connectivity index (χ1) is 5.87. The SMILES string of the molecule is COC(=O)NC(C)(C)CCC(=O)O. The van der Waals surface area contributed by atoms with Gasteiger partial charge in [0, 0.05) is 12.0 Å². The van der Waals surface area contributed by atoms with E-state index in [0.29, 0.717) is 6.42 Å². The molecular formula is C8H15NO4. The normalized spacial score (nSPS) is 10.7. The molecule has 13 heavy (non-hydrogen) atoms. The molecule has 0 saturated carbocycles. The van der Waals surface area contributed by atoms with Crippen molar-refractivity contribution in [3.63, 3.8) is 0 Å². The molecule has 0 saturated heterocycles. The first-order valence-corrected chi connectivity index (χ1v) is 3.95. The Kier molecular flexibility index (Phi) is 4.23. The number of hydrogen-bond acceptors (Lipinski definition) is 3. The number of carboxylic acid groups (broad SMARTS) is 1. The Morgan fingerprint density at radius 2 is 2.00 bits per heavy atom. The monoisotopic (exact) mass is 189 g/mol. The zero-order valence-corrected chi connectivity index (χ0v) is 8.09. The Hall–Kier alpha value is -1.26. The summed E-state index contributed by atoms with van der Waals surface area (Å²) in [7, 11) is 1.27. The molecule has 0 bridgehead atoms. The van der Waals surface area contributed by atoms with Crippen molar-refractivity contribution in [2.45, 2.75) is 32.2 Å². The predicted molar refractivity (Wildman–Crippen MR) is 46.5 cm³/mol. The summed E-state index contributed by atoms with van der Waals surface area (Å²) in [6.07, 6.45) is -0.149. The van der Waals surface area contributed by atoms with Crippen molar-refractivity contribution >= 4 is 12.1 Å². The number of aliphatic carboxylic acids is 1. The number of rotatable bonds is 4. The molecule has 0 aromatic carbocycles. The Morgan fingerprint density at radius 1 is 1.46 bits per heavy atom. The maximum atomic E-state index is 10.8. The van der Waals surface area contributed by atoms with Crippen LogP contribution < -0.4 is 5.32 Å². The van der Waals surface area contributed by atoms with Crippen molar-refractivity contribution in [3.05, 3.63) is 0 Å². The second kappa shape index (κ2) is 4.69. The minimum atomic E-state index is -0.875. The van der Waals surface area contributed by atoms with E-state index in [4.69, 9.17) is 5.11 Å². The van der Waals surface area contributed by atoms with E-state index in [1.54, 1.807) is 13.8 Å². The van der Waals surface area contributed by atoms with Gasteiger partial charge in [0.25, 0.3) is 0 Å². The average Bonchev–Trinajstić information content (AvgIpc) is 2.00. The number of carboxylic acids is 1. The van der Waals surface area contributed by atoms with Crippen LogP contribution in [0.2, 0.25) is 0 Å². The lowest BCUT2D eigenvalue weighted by Gasteiger charge is -2.24. The molecule has 76 valence electrons. The highest BCUT2D eigenvalue weighted by atomic mass is 16.5. The zero-order chi connectivity index (χ0) is 10.5. The number of alkyl carbamates (subject to hydrolysis) is 1. The first-order valence-electron chi connectivity index (χ1n) is 3.95. The molecule has 0 aliphatic heterocycles. The number of carbonyl (C=O) groups excluding carboxylic acids is 1. The molecule has 0 aromatic heterocycles. The van der Waals surface area contributed by atoms with Crippen molar-refractivity contribution in [1.29, 1.82) is 0 Å². The highest BCUT2D eigenvalue weighted by molar-refractivity contribution is 5.69. The van der Waals surface area contributed by atoms with E-state index in [2.05, 4.69) is 10.1 Å². The Bertz CT molecular complexity index is 200. The summed E-state index contributed by atoms with van der Waals surface area (Å²) in [6, 6.07) is 0. The van der Waals surface area contributed by atoms with Gasteiger partial charge in [-0.15, -0.1) is 0 Å². The van der Waals surface area contributed by atoms with Crippen LogP contribution in [0.1, 0.15) is 26.7 Å². The maximum absolute atomic E-state index is 10.8. The van der Waals surface area contributed by atoms with Gasteiger partial charge in [-0.3, -0.25) is 4.79 Å². The Labute approximate surface area is 77.1 Å². The molecule has 0 aliphatic carbocycles. The van der Waals surface area contributed by atoms with E-state index >= 15 is 0 Å². The molecule has 0 heterocycles. The number of methoxy groups -OCH3 is 1. The highest BCUT2D eigenvalue weighted by Gasteiger charge is 2.21. The Morgan fingerprint density at radius 3 is 2.38 bits per heavy atom. The summed E-state index contributed by atoms with van der Waals surface area (Å²) in [5.41, 5.74) is -0.550. The minimum absolute atomic E-state index is 0.0248. The van der Waals surface area contributed by atoms with Crippen LogP contribution in [0.4, 0.5) is 4.79 Å². The average molecular weight is 189 g/mol. The molecule has 0 rings (SSSR count). The lowest BCUT2D eigenvalue weighted by molar-refractivity contribution is -0.137. The van der Waals surface area contributed by atoms with Crippen molar-refractivity contribution in [2.75, 3.05) is 7.11 Å². The van der Waals surface area contributed by atoms with Crippen molar-refractivity contribution < 1.29 is 19.4 Å². The molecule has 0 spiro atoms. The van der Waals surface area contributed by atoms with Crippen LogP contribution in [0.25, 0.3) is 0 Å². The molecule has 0 aromatic rings. The number of amides is 1. The lowest BCUT2D eigenvalue weighted by Crippen LogP contribution is -2.43. The molecule has 2 N–H and O–H groups in total. The summed E-state index contributed by atoms with van der Waals surface area (Å²) in [5, 5.41) is 11.0. The summed E-state index contributed by atoms with van der Waals surface area (Å²) in [4.78, 5) is 21.0. The van der Waals surface area contributed by atoms with Crippen molar-refractivity contribution in [1.82, 2.24) is 5.32 Å². The molecule has 0 fully saturated rings. The fourth-order valence-corrected chi connectivity index (χ4v) is 0.809. The minimum Gasteiger partial charge on any atom is -0.481 e. The Balaban J connectivity index is 3.92. The predicted octanol–water partition coefficient (Wildman–Crippen LogP) is 0.986. The van der Waals surface area contributed by atoms with Crippen LogP contribution in [-0.2, 0) is 9.53 Å². The van der Waals surface area contributed by atoms with Gasteiger partial charge in [0.05, 0.1) is 7.11 Å². The molecule has 5 heteroatoms.